The third-order valence-corrected chi connectivity index (χ3v) is 1.63. The molecule has 0 aliphatic rings. The van der Waals surface area contributed by atoms with E-state index in [1.807, 2.05) is 12.1 Å². The first-order valence-electron chi connectivity index (χ1n) is 3.18. The van der Waals surface area contributed by atoms with E-state index in [9.17, 15) is 4.79 Å². The van der Waals surface area contributed by atoms with Crippen LogP contribution in [0.5, 0.6) is 0 Å². The first-order valence-corrected chi connectivity index (χ1v) is 3.97. The van der Waals surface area contributed by atoms with Gasteiger partial charge in [0, 0.05) is 4.47 Å². The Morgan fingerprint density at radius 2 is 2.00 bits per heavy atom. The van der Waals surface area contributed by atoms with Crippen molar-refractivity contribution in [2.75, 3.05) is 0 Å². The van der Waals surface area contributed by atoms with E-state index in [2.05, 4.69) is 31.7 Å². The summed E-state index contributed by atoms with van der Waals surface area (Å²) in [6.45, 7) is 0. The molecule has 1 N–H and O–H groups in total. The van der Waals surface area contributed by atoms with Crippen LogP contribution >= 0.6 is 15.9 Å². The zero-order chi connectivity index (χ0) is 8.81. The number of benzene rings is 1. The summed E-state index contributed by atoms with van der Waals surface area (Å²) in [5.41, 5.74) is 2.76. The molecule has 0 fully saturated rings. The SMILES string of the molecule is O=CNN=Nc1ccc(Br)cc1. The van der Waals surface area contributed by atoms with E-state index in [1.54, 1.807) is 12.1 Å². The molecule has 0 atom stereocenters. The maximum Gasteiger partial charge on any atom is 0.228 e. The first kappa shape index (κ1) is 8.86. The number of hydrogen-bond donors (Lipinski definition) is 1. The molecule has 0 saturated carbocycles. The predicted octanol–water partition coefficient (Wildman–Crippen LogP) is 2.19. The molecule has 0 heterocycles. The van der Waals surface area contributed by atoms with Gasteiger partial charge in [0.25, 0.3) is 0 Å². The number of rotatable bonds is 3. The third kappa shape index (κ3) is 2.79. The van der Waals surface area contributed by atoms with Crippen LogP contribution in [0.25, 0.3) is 0 Å². The Hall–Kier alpha value is -1.23. The Labute approximate surface area is 77.8 Å². The first-order chi connectivity index (χ1) is 5.83. The van der Waals surface area contributed by atoms with Crippen LogP contribution in [-0.2, 0) is 4.79 Å². The normalized spacial score (nSPS) is 10.1. The van der Waals surface area contributed by atoms with Gasteiger partial charge in [-0.1, -0.05) is 21.2 Å². The standard InChI is InChI=1S/C7H6BrN3O/c8-6-1-3-7(4-2-6)10-11-9-5-12/h1-5H,(H,9,10,12). The summed E-state index contributed by atoms with van der Waals surface area (Å²) in [4.78, 5) is 9.78. The fourth-order valence-corrected chi connectivity index (χ4v) is 0.882. The highest BCUT2D eigenvalue weighted by Crippen LogP contribution is 2.16. The Kier molecular flexibility index (Phi) is 3.40. The summed E-state index contributed by atoms with van der Waals surface area (Å²) >= 11 is 3.28. The lowest BCUT2D eigenvalue weighted by atomic mass is 10.3. The zero-order valence-corrected chi connectivity index (χ0v) is 7.65. The van der Waals surface area contributed by atoms with Gasteiger partial charge < -0.3 is 0 Å². The predicted molar refractivity (Wildman–Crippen MR) is 47.9 cm³/mol. The molecule has 1 rings (SSSR count). The van der Waals surface area contributed by atoms with E-state index < -0.39 is 0 Å². The molecule has 1 aromatic carbocycles. The molecular weight excluding hydrogens is 222 g/mol. The molecule has 1 aromatic rings. The van der Waals surface area contributed by atoms with Gasteiger partial charge in [0.1, 0.15) is 0 Å². The largest absolute Gasteiger partial charge is 0.277 e. The highest BCUT2D eigenvalue weighted by Gasteiger charge is 1.87. The second-order valence-corrected chi connectivity index (χ2v) is 2.84. The van der Waals surface area contributed by atoms with E-state index in [-0.39, 0.29) is 0 Å². The van der Waals surface area contributed by atoms with Crippen molar-refractivity contribution in [3.63, 3.8) is 0 Å². The number of nitrogens with one attached hydrogen (secondary N) is 1. The summed E-state index contributed by atoms with van der Waals surface area (Å²) in [7, 11) is 0. The molecule has 0 aliphatic heterocycles. The Morgan fingerprint density at radius 3 is 2.58 bits per heavy atom. The molecule has 0 unspecified atom stereocenters. The second-order valence-electron chi connectivity index (χ2n) is 1.92. The van der Waals surface area contributed by atoms with Gasteiger partial charge in [-0.25, -0.2) is 5.43 Å². The summed E-state index contributed by atoms with van der Waals surface area (Å²) in [5.74, 6) is 0. The van der Waals surface area contributed by atoms with Crippen molar-refractivity contribution in [1.29, 1.82) is 0 Å². The minimum atomic E-state index is 0.461. The molecule has 0 saturated heterocycles. The molecule has 62 valence electrons. The topological polar surface area (TPSA) is 53.8 Å². The summed E-state index contributed by atoms with van der Waals surface area (Å²) < 4.78 is 0.977. The van der Waals surface area contributed by atoms with E-state index in [4.69, 9.17) is 0 Å². The van der Waals surface area contributed by atoms with Crippen molar-refractivity contribution in [3.8, 4) is 0 Å². The van der Waals surface area contributed by atoms with Crippen molar-refractivity contribution in [2.24, 2.45) is 10.3 Å². The number of carbonyl (C=O) groups excluding carboxylic acids is 1. The van der Waals surface area contributed by atoms with Crippen molar-refractivity contribution < 1.29 is 4.79 Å². The van der Waals surface area contributed by atoms with Gasteiger partial charge in [0.05, 0.1) is 5.69 Å². The molecule has 0 aromatic heterocycles. The van der Waals surface area contributed by atoms with Gasteiger partial charge in [-0.05, 0) is 24.3 Å². The van der Waals surface area contributed by atoms with Crippen LogP contribution in [0.15, 0.2) is 39.1 Å². The van der Waals surface area contributed by atoms with Crippen molar-refractivity contribution >= 4 is 28.0 Å². The molecule has 1 amide bonds. The Bertz CT molecular complexity index is 283. The number of nitrogens with zero attached hydrogens (tertiary/aromatic N) is 2. The van der Waals surface area contributed by atoms with Gasteiger partial charge in [-0.2, -0.15) is 0 Å². The Morgan fingerprint density at radius 1 is 1.33 bits per heavy atom. The van der Waals surface area contributed by atoms with E-state index in [1.165, 1.54) is 0 Å². The number of carbonyl (C=O) groups is 1. The summed E-state index contributed by atoms with van der Waals surface area (Å²) in [6.07, 6.45) is 0.461. The minimum absolute atomic E-state index is 0.461. The maximum atomic E-state index is 9.78. The van der Waals surface area contributed by atoms with Crippen molar-refractivity contribution in [1.82, 2.24) is 5.43 Å². The number of hydrogen-bond acceptors (Lipinski definition) is 3. The lowest BCUT2D eigenvalue weighted by molar-refractivity contribution is -0.109. The zero-order valence-electron chi connectivity index (χ0n) is 6.07. The molecular formula is C7H6BrN3O. The number of amides is 1. The van der Waals surface area contributed by atoms with Crippen molar-refractivity contribution in [3.05, 3.63) is 28.7 Å². The van der Waals surface area contributed by atoms with Gasteiger partial charge in [0.2, 0.25) is 6.41 Å². The second kappa shape index (κ2) is 4.61. The van der Waals surface area contributed by atoms with Gasteiger partial charge in [0.15, 0.2) is 0 Å². The average Bonchev–Trinajstić information content (AvgIpc) is 2.09. The third-order valence-electron chi connectivity index (χ3n) is 1.10. The summed E-state index contributed by atoms with van der Waals surface area (Å²) in [6, 6.07) is 7.24. The van der Waals surface area contributed by atoms with Crippen LogP contribution in [0.3, 0.4) is 0 Å². The van der Waals surface area contributed by atoms with Gasteiger partial charge in [-0.15, -0.1) is 5.11 Å². The van der Waals surface area contributed by atoms with E-state index in [0.717, 1.165) is 4.47 Å². The molecule has 0 bridgehead atoms. The monoisotopic (exact) mass is 227 g/mol. The van der Waals surface area contributed by atoms with Crippen LogP contribution in [0.2, 0.25) is 0 Å². The fourth-order valence-electron chi connectivity index (χ4n) is 0.618. The molecule has 0 aliphatic carbocycles. The van der Waals surface area contributed by atoms with Crippen LogP contribution in [0.1, 0.15) is 0 Å². The van der Waals surface area contributed by atoms with Gasteiger partial charge in [-0.3, -0.25) is 4.79 Å². The van der Waals surface area contributed by atoms with Crippen LogP contribution in [0.4, 0.5) is 5.69 Å². The lowest BCUT2D eigenvalue weighted by Crippen LogP contribution is -1.97. The average molecular weight is 228 g/mol. The minimum Gasteiger partial charge on any atom is -0.277 e. The van der Waals surface area contributed by atoms with Crippen LogP contribution in [-0.4, -0.2) is 6.41 Å². The van der Waals surface area contributed by atoms with Crippen LogP contribution < -0.4 is 5.43 Å². The fraction of sp³-hybridized carbons (Fsp3) is 0. The highest BCUT2D eigenvalue weighted by atomic mass is 79.9. The highest BCUT2D eigenvalue weighted by molar-refractivity contribution is 9.10. The maximum absolute atomic E-state index is 9.78. The van der Waals surface area contributed by atoms with Crippen LogP contribution in [0, 0.1) is 0 Å². The number of halogens is 1. The molecule has 5 heteroatoms. The molecule has 12 heavy (non-hydrogen) atoms. The molecule has 4 nitrogen and oxygen atoms in total. The Balaban J connectivity index is 2.64. The smallest absolute Gasteiger partial charge is 0.228 e. The van der Waals surface area contributed by atoms with E-state index >= 15 is 0 Å². The molecule has 0 spiro atoms. The summed E-state index contributed by atoms with van der Waals surface area (Å²) in [5, 5.41) is 7.08. The van der Waals surface area contributed by atoms with E-state index in [0.29, 0.717) is 12.1 Å². The lowest BCUT2D eigenvalue weighted by Gasteiger charge is -1.90. The quantitative estimate of drug-likeness (QED) is 0.481. The van der Waals surface area contributed by atoms with Gasteiger partial charge >= 0.3 is 0 Å². The van der Waals surface area contributed by atoms with Crippen molar-refractivity contribution in [2.45, 2.75) is 0 Å². The molecule has 0 radical (unpaired) electrons.